The summed E-state index contributed by atoms with van der Waals surface area (Å²) in [6.07, 6.45) is 24.0. The van der Waals surface area contributed by atoms with Gasteiger partial charge in [-0.2, -0.15) is 0 Å². The number of allylic oxidation sites excluding steroid dienone is 9. The second-order valence-corrected chi connectivity index (χ2v) is 16.4. The maximum Gasteiger partial charge on any atom is 0.204 e. The third kappa shape index (κ3) is 34.0. The van der Waals surface area contributed by atoms with E-state index in [9.17, 15) is 34.1 Å². The van der Waals surface area contributed by atoms with Crippen molar-refractivity contribution in [2.45, 2.75) is 91.9 Å². The zero-order chi connectivity index (χ0) is 47.3. The monoisotopic (exact) mass is 947 g/mol. The summed E-state index contributed by atoms with van der Waals surface area (Å²) in [6, 6.07) is 32.8. The molecule has 0 saturated carbocycles. The molecule has 9 nitrogen and oxygen atoms in total. The molecule has 3 aromatic rings. The number of Topliss-reactive ketones (excluding diaryl/α,β-unsaturated/α-hetero) is 3. The van der Waals surface area contributed by atoms with E-state index in [4.69, 9.17) is 5.11 Å². The Balaban J connectivity index is -0.000000379. The van der Waals surface area contributed by atoms with Crippen molar-refractivity contribution in [3.63, 3.8) is 0 Å². The summed E-state index contributed by atoms with van der Waals surface area (Å²) in [5.74, 6) is 0.696. The Labute approximate surface area is 389 Å². The van der Waals surface area contributed by atoms with Crippen LogP contribution in [0.15, 0.2) is 165 Å². The topological polar surface area (TPSA) is 149 Å². The standard InChI is InChI=1S/C23H22P.C11H16O.C6H11NO3.C6H10O2.C5H8O.CH4O.BrH/c1-2-3-13-20-24(21-14-7-4-8-15-21,22-16-9-5-10-17-22)23-18-11-6-12-19-23;1-3-5-6-7-8-9-10-11(12)4-2;1-2-6(8)4-3-5-7(9)10;1-2-6(8)4-3-5-7;1-3-5(6)4-2;1-2;/h2-19H,1,20H2;3,5-8H,1,4,9-10H2,2H3;2-5H2,1H3;5H,2-4H2,1H3;3H,1,4H2,2H3;2H,1H3;1H/q+1;;;;;;/p-1/b13-3+;6-5+,8-7?;;;;;. The fourth-order valence-electron chi connectivity index (χ4n) is 4.99. The average Bonchev–Trinajstić information content (AvgIpc) is 3.32. The van der Waals surface area contributed by atoms with E-state index in [0.717, 1.165) is 26.0 Å². The van der Waals surface area contributed by atoms with Crippen LogP contribution in [0.1, 0.15) is 91.9 Å². The highest BCUT2D eigenvalue weighted by atomic mass is 79.9. The van der Waals surface area contributed by atoms with Crippen LogP contribution in [0.2, 0.25) is 0 Å². The smallest absolute Gasteiger partial charge is 0.204 e. The van der Waals surface area contributed by atoms with E-state index in [0.29, 0.717) is 63.6 Å². The fraction of sp³-hybridized carbons (Fsp3) is 0.327. The minimum Gasteiger partial charge on any atom is -1.00 e. The minimum atomic E-state index is -1.72. The molecule has 344 valence electrons. The van der Waals surface area contributed by atoms with Gasteiger partial charge in [-0.3, -0.25) is 29.3 Å². The quantitative estimate of drug-likeness (QED) is 0.0257. The van der Waals surface area contributed by atoms with E-state index in [1.165, 1.54) is 22.0 Å². The summed E-state index contributed by atoms with van der Waals surface area (Å²) in [5, 5.41) is 21.0. The van der Waals surface area contributed by atoms with Gasteiger partial charge in [0.15, 0.2) is 5.78 Å². The second kappa shape index (κ2) is 46.2. The summed E-state index contributed by atoms with van der Waals surface area (Å²) in [7, 11) is -0.718. The van der Waals surface area contributed by atoms with E-state index in [1.54, 1.807) is 19.9 Å². The third-order valence-electron chi connectivity index (χ3n) is 8.42. The van der Waals surface area contributed by atoms with Crippen molar-refractivity contribution in [1.82, 2.24) is 0 Å². The Morgan fingerprint density at radius 3 is 1.35 bits per heavy atom. The fourth-order valence-corrected chi connectivity index (χ4v) is 9.00. The number of hydrogen-bond donors (Lipinski definition) is 1. The summed E-state index contributed by atoms with van der Waals surface area (Å²) in [5.41, 5.74) is 0. The van der Waals surface area contributed by atoms with Crippen molar-refractivity contribution in [3.05, 3.63) is 176 Å². The second-order valence-electron chi connectivity index (χ2n) is 12.8. The van der Waals surface area contributed by atoms with Gasteiger partial charge >= 0.3 is 0 Å². The lowest BCUT2D eigenvalue weighted by molar-refractivity contribution is -0.480. The minimum absolute atomic E-state index is 0. The number of carbonyl (C=O) groups is 5. The van der Waals surface area contributed by atoms with Crippen LogP contribution in [0, 0.1) is 10.1 Å². The molecule has 0 saturated heterocycles. The molecule has 0 unspecified atom stereocenters. The van der Waals surface area contributed by atoms with Crippen LogP contribution in [0.25, 0.3) is 0 Å². The Morgan fingerprint density at radius 2 is 1.02 bits per heavy atom. The zero-order valence-electron chi connectivity index (χ0n) is 38.1. The van der Waals surface area contributed by atoms with Gasteiger partial charge in [0.25, 0.3) is 0 Å². The summed E-state index contributed by atoms with van der Waals surface area (Å²) in [4.78, 5) is 60.9. The van der Waals surface area contributed by atoms with Crippen molar-refractivity contribution >= 4 is 52.6 Å². The zero-order valence-corrected chi connectivity index (χ0v) is 40.6. The largest absolute Gasteiger partial charge is 1.00 e. The van der Waals surface area contributed by atoms with Gasteiger partial charge in [0.05, 0.1) is 6.16 Å². The number of hydrogen-bond acceptors (Lipinski definition) is 8. The molecule has 0 atom stereocenters. The highest BCUT2D eigenvalue weighted by Crippen LogP contribution is 2.55. The Kier molecular flexibility index (Phi) is 47.2. The van der Waals surface area contributed by atoms with E-state index >= 15 is 0 Å². The molecule has 0 aliphatic heterocycles. The van der Waals surface area contributed by atoms with Crippen molar-refractivity contribution in [2.75, 3.05) is 19.8 Å². The lowest BCUT2D eigenvalue weighted by Crippen LogP contribution is -3.00. The highest BCUT2D eigenvalue weighted by Gasteiger charge is 2.43. The molecule has 0 heterocycles. The molecule has 0 amide bonds. The van der Waals surface area contributed by atoms with E-state index in [1.807, 2.05) is 44.2 Å². The molecule has 11 heteroatoms. The van der Waals surface area contributed by atoms with Crippen molar-refractivity contribution in [2.24, 2.45) is 0 Å². The summed E-state index contributed by atoms with van der Waals surface area (Å²) in [6.45, 7) is 17.8. The van der Waals surface area contributed by atoms with Gasteiger partial charge in [-0.05, 0) is 55.0 Å². The predicted molar refractivity (Wildman–Crippen MR) is 263 cm³/mol. The first-order valence-electron chi connectivity index (χ1n) is 20.9. The van der Waals surface area contributed by atoms with E-state index in [-0.39, 0.29) is 40.9 Å². The van der Waals surface area contributed by atoms with Gasteiger partial charge in [-0.1, -0.05) is 145 Å². The maximum atomic E-state index is 10.8. The molecule has 0 aromatic heterocycles. The molecule has 0 aliphatic rings. The number of aliphatic hydroxyl groups is 1. The molecule has 63 heavy (non-hydrogen) atoms. The lowest BCUT2D eigenvalue weighted by Gasteiger charge is -2.26. The Morgan fingerprint density at radius 1 is 0.603 bits per heavy atom. The van der Waals surface area contributed by atoms with Crippen LogP contribution in [-0.4, -0.2) is 59.3 Å². The number of aldehydes is 1. The molecular weight excluding hydrogens is 877 g/mol. The Bertz CT molecular complexity index is 1680. The van der Waals surface area contributed by atoms with Crippen LogP contribution < -0.4 is 32.9 Å². The average molecular weight is 949 g/mol. The van der Waals surface area contributed by atoms with Crippen molar-refractivity contribution in [1.29, 1.82) is 0 Å². The first-order chi connectivity index (χ1) is 30.0. The molecule has 0 fully saturated rings. The number of carbonyl (C=O) groups excluding carboxylic acids is 5. The van der Waals surface area contributed by atoms with Crippen LogP contribution in [-0.2, 0) is 24.0 Å². The van der Waals surface area contributed by atoms with Gasteiger partial charge in [0.2, 0.25) is 6.54 Å². The highest BCUT2D eigenvalue weighted by molar-refractivity contribution is 7.95. The molecule has 3 rings (SSSR count). The lowest BCUT2D eigenvalue weighted by atomic mass is 10.2. The van der Waals surface area contributed by atoms with E-state index in [2.05, 4.69) is 123 Å². The van der Waals surface area contributed by atoms with Gasteiger partial charge < -0.3 is 26.9 Å². The van der Waals surface area contributed by atoms with Crippen molar-refractivity contribution < 1.29 is 51.0 Å². The molecule has 3 aromatic carbocycles. The Hall–Kier alpha value is -5.28. The number of rotatable bonds is 23. The number of benzene rings is 3. The molecule has 0 spiro atoms. The number of nitro groups is 1. The first kappa shape index (κ1) is 64.3. The number of halogens is 1. The van der Waals surface area contributed by atoms with Gasteiger partial charge in [-0.15, -0.1) is 0 Å². The normalized spacial score (nSPS) is 9.87. The van der Waals surface area contributed by atoms with Crippen molar-refractivity contribution in [3.8, 4) is 0 Å². The summed E-state index contributed by atoms with van der Waals surface area (Å²) < 4.78 is 0. The molecule has 0 aliphatic carbocycles. The first-order valence-corrected chi connectivity index (χ1v) is 22.9. The third-order valence-corrected chi connectivity index (χ3v) is 12.7. The van der Waals surface area contributed by atoms with Gasteiger partial charge in [-0.25, -0.2) is 0 Å². The molecule has 0 radical (unpaired) electrons. The number of aliphatic hydroxyl groups excluding tert-OH is 1. The number of ketones is 4. The summed E-state index contributed by atoms with van der Waals surface area (Å²) >= 11 is 0. The SMILES string of the molecule is C=C/C=C/C=CCCC(=O)CC.C=C/C=C/C[P+](c1ccccc1)(c1ccccc1)c1ccccc1.C=CC(=O)CC.CCC(=O)CCC=O.CCC(=O)CCC[N+](=O)[O-].CO.[Br-]. The van der Waals surface area contributed by atoms with Crippen LogP contribution >= 0.6 is 7.26 Å². The van der Waals surface area contributed by atoms with Crippen LogP contribution in [0.3, 0.4) is 0 Å². The number of nitrogens with zero attached hydrogens (tertiary/aromatic N) is 1. The molecule has 1 N–H and O–H groups in total. The van der Waals surface area contributed by atoms with Gasteiger partial charge in [0.1, 0.15) is 46.8 Å². The van der Waals surface area contributed by atoms with E-state index < -0.39 is 12.2 Å². The maximum absolute atomic E-state index is 10.8. The van der Waals surface area contributed by atoms with Gasteiger partial charge in [0, 0.05) is 69.8 Å². The predicted octanol–water partition coefficient (Wildman–Crippen LogP) is 7.50. The molecular formula is C52H71BrNO8P. The van der Waals surface area contributed by atoms with Crippen LogP contribution in [0.4, 0.5) is 0 Å². The molecule has 0 bridgehead atoms. The van der Waals surface area contributed by atoms with Crippen LogP contribution in [0.5, 0.6) is 0 Å².